The van der Waals surface area contributed by atoms with Crippen molar-refractivity contribution in [3.63, 3.8) is 0 Å². The Morgan fingerprint density at radius 1 is 1.27 bits per heavy atom. The van der Waals surface area contributed by atoms with Gasteiger partial charge < -0.3 is 4.57 Å². The molecule has 3 rings (SSSR count). The van der Waals surface area contributed by atoms with Crippen molar-refractivity contribution < 1.29 is 4.79 Å². The summed E-state index contributed by atoms with van der Waals surface area (Å²) in [7, 11) is 0. The fourth-order valence-electron chi connectivity index (χ4n) is 2.37. The van der Waals surface area contributed by atoms with Crippen molar-refractivity contribution in [3.8, 4) is 0 Å². The van der Waals surface area contributed by atoms with E-state index in [-0.39, 0.29) is 5.91 Å². The first-order valence-electron chi connectivity index (χ1n) is 7.35. The van der Waals surface area contributed by atoms with Crippen LogP contribution < -0.4 is 4.80 Å². The molecule has 0 N–H and O–H groups in total. The van der Waals surface area contributed by atoms with Crippen LogP contribution in [0.2, 0.25) is 0 Å². The molecule has 2 heterocycles. The second kappa shape index (κ2) is 5.88. The van der Waals surface area contributed by atoms with Crippen LogP contribution in [0.25, 0.3) is 10.2 Å². The second-order valence-electron chi connectivity index (χ2n) is 5.07. The molecule has 114 valence electrons. The third-order valence-corrected chi connectivity index (χ3v) is 4.58. The number of nitrogens with zero attached hydrogens (tertiary/aromatic N) is 4. The minimum Gasteiger partial charge on any atom is -0.317 e. The number of carbonyl (C=O) groups excluding carboxylic acids is 1. The minimum absolute atomic E-state index is 0.294. The molecule has 0 saturated carbocycles. The lowest BCUT2D eigenvalue weighted by molar-refractivity contribution is 0.0992. The fourth-order valence-corrected chi connectivity index (χ4v) is 3.56. The number of thiazole rings is 1. The van der Waals surface area contributed by atoms with Crippen LogP contribution in [0.4, 0.5) is 0 Å². The van der Waals surface area contributed by atoms with Gasteiger partial charge in [-0.15, -0.1) is 0 Å². The predicted molar refractivity (Wildman–Crippen MR) is 88.0 cm³/mol. The molecule has 0 saturated heterocycles. The average molecular weight is 314 g/mol. The maximum absolute atomic E-state index is 12.3. The molecule has 1 aromatic carbocycles. The molecular formula is C16H18N4OS. The maximum atomic E-state index is 12.3. The molecule has 0 bridgehead atoms. The van der Waals surface area contributed by atoms with E-state index in [9.17, 15) is 4.79 Å². The monoisotopic (exact) mass is 314 g/mol. The Bertz CT molecular complexity index is 900. The molecular weight excluding hydrogens is 296 g/mol. The van der Waals surface area contributed by atoms with Gasteiger partial charge in [0.2, 0.25) is 0 Å². The predicted octanol–water partition coefficient (Wildman–Crippen LogP) is 2.99. The third-order valence-electron chi connectivity index (χ3n) is 3.54. The number of aromatic nitrogens is 3. The molecule has 0 aliphatic rings. The van der Waals surface area contributed by atoms with Crippen LogP contribution in [0.15, 0.2) is 35.5 Å². The lowest BCUT2D eigenvalue weighted by Crippen LogP contribution is -2.16. The van der Waals surface area contributed by atoms with E-state index >= 15 is 0 Å². The lowest BCUT2D eigenvalue weighted by Gasteiger charge is -2.00. The van der Waals surface area contributed by atoms with Crippen LogP contribution in [-0.4, -0.2) is 20.3 Å². The first-order chi connectivity index (χ1) is 10.6. The quantitative estimate of drug-likeness (QED) is 0.746. The molecule has 0 spiro atoms. The largest absolute Gasteiger partial charge is 0.317 e. The zero-order valence-corrected chi connectivity index (χ0v) is 13.7. The van der Waals surface area contributed by atoms with Crippen molar-refractivity contribution in [1.29, 1.82) is 0 Å². The number of hydrogen-bond acceptors (Lipinski definition) is 3. The van der Waals surface area contributed by atoms with Crippen LogP contribution in [0.3, 0.4) is 0 Å². The zero-order chi connectivity index (χ0) is 15.7. The smallest absolute Gasteiger partial charge is 0.300 e. The van der Waals surface area contributed by atoms with E-state index in [1.54, 1.807) is 16.9 Å². The summed E-state index contributed by atoms with van der Waals surface area (Å²) in [4.78, 5) is 17.3. The maximum Gasteiger partial charge on any atom is 0.300 e. The number of amides is 1. The van der Waals surface area contributed by atoms with Gasteiger partial charge in [-0.2, -0.15) is 10.1 Å². The van der Waals surface area contributed by atoms with E-state index in [0.29, 0.717) is 5.69 Å². The highest BCUT2D eigenvalue weighted by atomic mass is 32.1. The summed E-state index contributed by atoms with van der Waals surface area (Å²) in [6.45, 7) is 7.62. The Morgan fingerprint density at radius 3 is 2.77 bits per heavy atom. The normalized spacial score (nSPS) is 12.2. The summed E-state index contributed by atoms with van der Waals surface area (Å²) in [6, 6.07) is 8.00. The molecule has 22 heavy (non-hydrogen) atoms. The summed E-state index contributed by atoms with van der Waals surface area (Å²) in [5, 5.41) is 4.22. The molecule has 2 aromatic heterocycles. The lowest BCUT2D eigenvalue weighted by atomic mass is 10.2. The number of benzene rings is 1. The summed E-state index contributed by atoms with van der Waals surface area (Å²) >= 11 is 1.54. The first kappa shape index (κ1) is 14.7. The Kier molecular flexibility index (Phi) is 3.94. The van der Waals surface area contributed by atoms with E-state index in [1.165, 1.54) is 16.9 Å². The number of carbonyl (C=O) groups is 1. The van der Waals surface area contributed by atoms with E-state index in [0.717, 1.165) is 28.1 Å². The minimum atomic E-state index is -0.294. The van der Waals surface area contributed by atoms with Crippen LogP contribution in [-0.2, 0) is 13.1 Å². The van der Waals surface area contributed by atoms with Gasteiger partial charge in [0, 0.05) is 19.3 Å². The molecule has 0 atom stereocenters. The van der Waals surface area contributed by atoms with Crippen LogP contribution >= 0.6 is 11.3 Å². The molecule has 3 aromatic rings. The van der Waals surface area contributed by atoms with Crippen molar-refractivity contribution in [2.45, 2.75) is 33.9 Å². The highest BCUT2D eigenvalue weighted by Gasteiger charge is 2.10. The Balaban J connectivity index is 2.09. The topological polar surface area (TPSA) is 52.2 Å². The van der Waals surface area contributed by atoms with E-state index < -0.39 is 0 Å². The molecule has 5 nitrogen and oxygen atoms in total. The van der Waals surface area contributed by atoms with Crippen LogP contribution in [0, 0.1) is 6.92 Å². The van der Waals surface area contributed by atoms with Crippen LogP contribution in [0.5, 0.6) is 0 Å². The van der Waals surface area contributed by atoms with Gasteiger partial charge in [0.1, 0.15) is 0 Å². The van der Waals surface area contributed by atoms with E-state index in [4.69, 9.17) is 0 Å². The van der Waals surface area contributed by atoms with Gasteiger partial charge in [0.25, 0.3) is 5.91 Å². The molecule has 0 aliphatic heterocycles. The molecule has 0 fully saturated rings. The van der Waals surface area contributed by atoms with Gasteiger partial charge in [-0.05, 0) is 44.5 Å². The van der Waals surface area contributed by atoms with Crippen molar-refractivity contribution in [2.24, 2.45) is 4.99 Å². The van der Waals surface area contributed by atoms with Crippen LogP contribution in [0.1, 0.15) is 29.9 Å². The zero-order valence-electron chi connectivity index (χ0n) is 12.9. The van der Waals surface area contributed by atoms with Crippen molar-refractivity contribution in [2.75, 3.05) is 0 Å². The summed E-state index contributed by atoms with van der Waals surface area (Å²) < 4.78 is 4.94. The summed E-state index contributed by atoms with van der Waals surface area (Å²) in [6.07, 6.45) is 1.80. The molecule has 0 radical (unpaired) electrons. The van der Waals surface area contributed by atoms with Gasteiger partial charge >= 0.3 is 0 Å². The third kappa shape index (κ3) is 2.62. The number of rotatable bonds is 3. The van der Waals surface area contributed by atoms with Crippen molar-refractivity contribution in [1.82, 2.24) is 14.3 Å². The summed E-state index contributed by atoms with van der Waals surface area (Å²) in [5.74, 6) is -0.294. The van der Waals surface area contributed by atoms with Gasteiger partial charge in [0.15, 0.2) is 10.5 Å². The van der Waals surface area contributed by atoms with Crippen molar-refractivity contribution in [3.05, 3.63) is 46.5 Å². The standard InChI is InChI=1S/C16H18N4OS/c1-4-19-9-8-12(18-19)15(21)17-16-20(5-2)13-7-6-11(3)10-14(13)22-16/h6-10H,4-5H2,1-3H3. The first-order valence-corrected chi connectivity index (χ1v) is 8.16. The second-order valence-corrected chi connectivity index (χ2v) is 6.08. The molecule has 0 aliphatic carbocycles. The van der Waals surface area contributed by atoms with Gasteiger partial charge in [-0.3, -0.25) is 9.48 Å². The molecule has 1 amide bonds. The van der Waals surface area contributed by atoms with Crippen molar-refractivity contribution >= 4 is 27.5 Å². The van der Waals surface area contributed by atoms with Gasteiger partial charge in [0.05, 0.1) is 10.2 Å². The number of aryl methyl sites for hydroxylation is 3. The Hall–Kier alpha value is -2.21. The number of fused-ring (bicyclic) bond motifs is 1. The SMILES string of the molecule is CCn1ccc(C(=O)N=c2sc3cc(C)ccc3n2CC)n1. The van der Waals surface area contributed by atoms with Gasteiger partial charge in [-0.25, -0.2) is 0 Å². The highest BCUT2D eigenvalue weighted by molar-refractivity contribution is 7.16. The fraction of sp³-hybridized carbons (Fsp3) is 0.312. The number of hydrogen-bond donors (Lipinski definition) is 0. The van der Waals surface area contributed by atoms with E-state index in [2.05, 4.69) is 46.7 Å². The Labute approximate surface area is 132 Å². The Morgan fingerprint density at radius 2 is 2.09 bits per heavy atom. The highest BCUT2D eigenvalue weighted by Crippen LogP contribution is 2.18. The molecule has 6 heteroatoms. The van der Waals surface area contributed by atoms with E-state index in [1.807, 2.05) is 6.92 Å². The average Bonchev–Trinajstić information content (AvgIpc) is 3.10. The molecule has 0 unspecified atom stereocenters. The summed E-state index contributed by atoms with van der Waals surface area (Å²) in [5.41, 5.74) is 2.71. The van der Waals surface area contributed by atoms with Gasteiger partial charge in [-0.1, -0.05) is 17.4 Å².